The van der Waals surface area contributed by atoms with Crippen molar-refractivity contribution in [1.29, 1.82) is 0 Å². The summed E-state index contributed by atoms with van der Waals surface area (Å²) in [6.07, 6.45) is 6.49. The first-order chi connectivity index (χ1) is 13.1. The summed E-state index contributed by atoms with van der Waals surface area (Å²) in [7, 11) is 1.82. The van der Waals surface area contributed by atoms with E-state index in [1.54, 1.807) is 29.4 Å². The lowest BCUT2D eigenvalue weighted by Crippen LogP contribution is -2.30. The molecule has 1 aliphatic rings. The first kappa shape index (κ1) is 17.5. The molecular formula is C21H18ClN3O2. The number of hydrogen-bond acceptors (Lipinski definition) is 4. The Bertz CT molecular complexity index is 989. The molecule has 0 bridgehead atoms. The van der Waals surface area contributed by atoms with Crippen molar-refractivity contribution in [1.82, 2.24) is 9.97 Å². The van der Waals surface area contributed by atoms with Crippen LogP contribution in [0.15, 0.2) is 55.0 Å². The van der Waals surface area contributed by atoms with Crippen molar-refractivity contribution < 1.29 is 9.53 Å². The van der Waals surface area contributed by atoms with Crippen LogP contribution < -0.4 is 9.64 Å². The molecule has 0 saturated carbocycles. The van der Waals surface area contributed by atoms with Crippen LogP contribution in [0.4, 0.5) is 5.69 Å². The van der Waals surface area contributed by atoms with Crippen LogP contribution in [0.5, 0.6) is 5.88 Å². The van der Waals surface area contributed by atoms with Crippen molar-refractivity contribution in [3.05, 3.63) is 71.1 Å². The number of pyridine rings is 2. The first-order valence-electron chi connectivity index (χ1n) is 8.68. The highest BCUT2D eigenvalue weighted by atomic mass is 35.5. The average molecular weight is 380 g/mol. The number of aromatic nitrogens is 2. The summed E-state index contributed by atoms with van der Waals surface area (Å²) in [6.45, 7) is 0.373. The average Bonchev–Trinajstić information content (AvgIpc) is 2.70. The third kappa shape index (κ3) is 3.78. The Balaban J connectivity index is 1.54. The highest BCUT2D eigenvalue weighted by molar-refractivity contribution is 6.30. The number of amides is 1. The van der Waals surface area contributed by atoms with E-state index in [9.17, 15) is 4.79 Å². The molecule has 5 nitrogen and oxygen atoms in total. The lowest BCUT2D eigenvalue weighted by atomic mass is 9.96. The first-order valence-corrected chi connectivity index (χ1v) is 9.06. The lowest BCUT2D eigenvalue weighted by Gasteiger charge is -2.26. The number of halogens is 1. The van der Waals surface area contributed by atoms with E-state index in [4.69, 9.17) is 16.3 Å². The second kappa shape index (κ2) is 7.37. The van der Waals surface area contributed by atoms with Gasteiger partial charge in [-0.1, -0.05) is 17.7 Å². The van der Waals surface area contributed by atoms with E-state index in [0.29, 0.717) is 23.9 Å². The van der Waals surface area contributed by atoms with E-state index in [-0.39, 0.29) is 5.91 Å². The molecule has 0 spiro atoms. The molecule has 1 aromatic carbocycles. The molecule has 0 fully saturated rings. The minimum atomic E-state index is 0.159. The molecule has 0 unspecified atom stereocenters. The van der Waals surface area contributed by atoms with Crippen LogP contribution >= 0.6 is 11.6 Å². The topological polar surface area (TPSA) is 55.3 Å². The summed E-state index contributed by atoms with van der Waals surface area (Å²) in [5.74, 6) is 0.679. The van der Waals surface area contributed by atoms with E-state index in [1.807, 2.05) is 25.4 Å². The molecule has 0 saturated heterocycles. The summed E-state index contributed by atoms with van der Waals surface area (Å²) in [5.41, 5.74) is 5.21. The maximum atomic E-state index is 11.9. The summed E-state index contributed by atoms with van der Waals surface area (Å²) in [5, 5.41) is 0.575. The zero-order valence-electron chi connectivity index (χ0n) is 14.9. The Morgan fingerprint density at radius 2 is 1.96 bits per heavy atom. The fourth-order valence-electron chi connectivity index (χ4n) is 3.17. The van der Waals surface area contributed by atoms with E-state index < -0.39 is 0 Å². The predicted molar refractivity (Wildman–Crippen MR) is 105 cm³/mol. The zero-order chi connectivity index (χ0) is 18.8. The van der Waals surface area contributed by atoms with Gasteiger partial charge in [-0.05, 0) is 41.8 Å². The molecule has 1 aliphatic heterocycles. The van der Waals surface area contributed by atoms with Gasteiger partial charge in [0, 0.05) is 54.9 Å². The van der Waals surface area contributed by atoms with Gasteiger partial charge in [-0.25, -0.2) is 4.98 Å². The Hall–Kier alpha value is -2.92. The summed E-state index contributed by atoms with van der Waals surface area (Å²) in [6, 6.07) is 11.7. The number of carbonyl (C=O) groups excluding carboxylic acids is 1. The van der Waals surface area contributed by atoms with Gasteiger partial charge in [0.1, 0.15) is 6.61 Å². The van der Waals surface area contributed by atoms with E-state index in [1.165, 1.54) is 5.56 Å². The Morgan fingerprint density at radius 1 is 1.07 bits per heavy atom. The molecule has 2 aromatic heterocycles. The Kier molecular flexibility index (Phi) is 4.77. The smallest absolute Gasteiger partial charge is 0.227 e. The molecule has 0 aliphatic carbocycles. The number of carbonyl (C=O) groups is 1. The minimum Gasteiger partial charge on any atom is -0.473 e. The van der Waals surface area contributed by atoms with Crippen LogP contribution in [-0.2, 0) is 17.8 Å². The number of fused-ring (bicyclic) bond motifs is 1. The summed E-state index contributed by atoms with van der Waals surface area (Å²) >= 11 is 5.84. The van der Waals surface area contributed by atoms with Crippen molar-refractivity contribution in [3.63, 3.8) is 0 Å². The van der Waals surface area contributed by atoms with Crippen molar-refractivity contribution in [3.8, 4) is 17.0 Å². The highest BCUT2D eigenvalue weighted by Crippen LogP contribution is 2.31. The largest absolute Gasteiger partial charge is 0.473 e. The van der Waals surface area contributed by atoms with Crippen molar-refractivity contribution >= 4 is 23.2 Å². The maximum absolute atomic E-state index is 11.9. The third-order valence-corrected chi connectivity index (χ3v) is 4.86. The Morgan fingerprint density at radius 3 is 2.78 bits per heavy atom. The van der Waals surface area contributed by atoms with Gasteiger partial charge < -0.3 is 9.64 Å². The predicted octanol–water partition coefficient (Wildman–Crippen LogP) is 4.29. The molecule has 0 radical (unpaired) electrons. The van der Waals surface area contributed by atoms with E-state index >= 15 is 0 Å². The SMILES string of the molecule is CN1C(=O)CCc2cc(-c3cncc(COc4ccc(Cl)cn4)c3)ccc21. The van der Waals surface area contributed by atoms with Gasteiger partial charge in [-0.15, -0.1) is 0 Å². The van der Waals surface area contributed by atoms with Crippen molar-refractivity contribution in [2.75, 3.05) is 11.9 Å². The van der Waals surface area contributed by atoms with Crippen molar-refractivity contribution in [2.45, 2.75) is 19.4 Å². The van der Waals surface area contributed by atoms with Gasteiger partial charge >= 0.3 is 0 Å². The fourth-order valence-corrected chi connectivity index (χ4v) is 3.28. The minimum absolute atomic E-state index is 0.159. The molecule has 136 valence electrons. The lowest BCUT2D eigenvalue weighted by molar-refractivity contribution is -0.118. The zero-order valence-corrected chi connectivity index (χ0v) is 15.6. The summed E-state index contributed by atoms with van der Waals surface area (Å²) in [4.78, 5) is 22.0. The van der Waals surface area contributed by atoms with Gasteiger partial charge in [-0.3, -0.25) is 9.78 Å². The monoisotopic (exact) mass is 379 g/mol. The number of anilines is 1. The molecule has 0 atom stereocenters. The van der Waals surface area contributed by atoms with Crippen molar-refractivity contribution in [2.24, 2.45) is 0 Å². The van der Waals surface area contributed by atoms with Crippen LogP contribution in [0, 0.1) is 0 Å². The molecule has 4 rings (SSSR count). The van der Waals surface area contributed by atoms with Gasteiger partial charge in [0.25, 0.3) is 0 Å². The molecule has 1 amide bonds. The van der Waals surface area contributed by atoms with Crippen LogP contribution in [0.3, 0.4) is 0 Å². The Labute approximate surface area is 162 Å². The summed E-state index contributed by atoms with van der Waals surface area (Å²) < 4.78 is 5.70. The number of aryl methyl sites for hydroxylation is 1. The standard InChI is InChI=1S/C21H18ClN3O2/c1-25-19-5-2-15(9-16(19)3-7-21(25)26)17-8-14(10-23-11-17)13-27-20-6-4-18(22)12-24-20/h2,4-6,8-12H,3,7,13H2,1H3. The second-order valence-corrected chi connectivity index (χ2v) is 6.92. The fraction of sp³-hybridized carbons (Fsp3) is 0.190. The number of ether oxygens (including phenoxy) is 1. The number of hydrogen-bond donors (Lipinski definition) is 0. The quantitative estimate of drug-likeness (QED) is 0.678. The normalized spacial score (nSPS) is 13.4. The number of benzene rings is 1. The van der Waals surface area contributed by atoms with E-state index in [0.717, 1.165) is 28.8 Å². The molecular weight excluding hydrogens is 362 g/mol. The molecule has 27 heavy (non-hydrogen) atoms. The van der Waals surface area contributed by atoms with Gasteiger partial charge in [0.15, 0.2) is 0 Å². The number of nitrogens with zero attached hydrogens (tertiary/aromatic N) is 3. The number of rotatable bonds is 4. The second-order valence-electron chi connectivity index (χ2n) is 6.48. The van der Waals surface area contributed by atoms with Gasteiger partial charge in [-0.2, -0.15) is 0 Å². The van der Waals surface area contributed by atoms with Crippen LogP contribution in [0.2, 0.25) is 5.02 Å². The third-order valence-electron chi connectivity index (χ3n) is 4.64. The van der Waals surface area contributed by atoms with Crippen LogP contribution in [-0.4, -0.2) is 22.9 Å². The van der Waals surface area contributed by atoms with Crippen LogP contribution in [0.25, 0.3) is 11.1 Å². The van der Waals surface area contributed by atoms with Gasteiger partial charge in [0.05, 0.1) is 5.02 Å². The maximum Gasteiger partial charge on any atom is 0.227 e. The molecule has 6 heteroatoms. The molecule has 3 aromatic rings. The molecule has 3 heterocycles. The highest BCUT2D eigenvalue weighted by Gasteiger charge is 2.21. The molecule has 0 N–H and O–H groups in total. The van der Waals surface area contributed by atoms with Crippen LogP contribution in [0.1, 0.15) is 17.5 Å². The van der Waals surface area contributed by atoms with E-state index in [2.05, 4.69) is 22.1 Å². The van der Waals surface area contributed by atoms with Gasteiger partial charge in [0.2, 0.25) is 11.8 Å².